The van der Waals surface area contributed by atoms with Crippen molar-refractivity contribution in [2.45, 2.75) is 45.3 Å². The molecule has 0 aromatic heterocycles. The van der Waals surface area contributed by atoms with E-state index in [0.717, 1.165) is 38.5 Å². The lowest BCUT2D eigenvalue weighted by Crippen LogP contribution is -2.47. The van der Waals surface area contributed by atoms with Crippen molar-refractivity contribution in [3.05, 3.63) is 77.4 Å². The molecule has 1 saturated heterocycles. The highest BCUT2D eigenvalue weighted by Crippen LogP contribution is 2.41. The van der Waals surface area contributed by atoms with Gasteiger partial charge >= 0.3 is 0 Å². The summed E-state index contributed by atoms with van der Waals surface area (Å²) in [5.41, 5.74) is 4.37. The standard InChI is InChI=1S/C27H36N3OSi/c1-7-15-29-16-18-30(19-17-29)25(22-13-11-21(20-28)12-14-22)23-9-8-10-24(27(2,3)4)26(23)31-32(5)6/h7-14,25H,1,15-19H2,2-6H3. The van der Waals surface area contributed by atoms with Crippen molar-refractivity contribution in [2.24, 2.45) is 0 Å². The normalized spacial score (nSPS) is 16.5. The summed E-state index contributed by atoms with van der Waals surface area (Å²) in [5, 5.41) is 9.29. The number of nitrogens with zero attached hydrogens (tertiary/aromatic N) is 3. The van der Waals surface area contributed by atoms with Crippen LogP contribution in [0.3, 0.4) is 0 Å². The van der Waals surface area contributed by atoms with E-state index >= 15 is 0 Å². The molecular formula is C27H36N3OSi. The second-order valence-corrected chi connectivity index (χ2v) is 11.8. The fraction of sp³-hybridized carbons (Fsp3) is 0.444. The van der Waals surface area contributed by atoms with Gasteiger partial charge in [0.25, 0.3) is 9.04 Å². The Bertz CT molecular complexity index is 948. The Morgan fingerprint density at radius 2 is 1.75 bits per heavy atom. The molecule has 4 nitrogen and oxygen atoms in total. The van der Waals surface area contributed by atoms with Crippen LogP contribution in [0, 0.1) is 11.3 Å². The lowest BCUT2D eigenvalue weighted by atomic mass is 9.83. The van der Waals surface area contributed by atoms with Crippen molar-refractivity contribution in [2.75, 3.05) is 32.7 Å². The quantitative estimate of drug-likeness (QED) is 0.423. The number of benzene rings is 2. The lowest BCUT2D eigenvalue weighted by Gasteiger charge is -2.40. The summed E-state index contributed by atoms with van der Waals surface area (Å²) in [6.45, 7) is 20.0. The van der Waals surface area contributed by atoms with Gasteiger partial charge in [-0.2, -0.15) is 5.26 Å². The molecule has 1 atom stereocenters. The van der Waals surface area contributed by atoms with Crippen molar-refractivity contribution >= 4 is 9.04 Å². The summed E-state index contributed by atoms with van der Waals surface area (Å²) in [6, 6.07) is 17.0. The molecule has 0 spiro atoms. The molecule has 32 heavy (non-hydrogen) atoms. The van der Waals surface area contributed by atoms with Crippen LogP contribution in [0.15, 0.2) is 55.1 Å². The number of piperazine rings is 1. The van der Waals surface area contributed by atoms with Crippen LogP contribution in [0.1, 0.15) is 49.1 Å². The zero-order chi connectivity index (χ0) is 23.3. The summed E-state index contributed by atoms with van der Waals surface area (Å²) < 4.78 is 6.60. The molecule has 1 radical (unpaired) electrons. The molecule has 169 valence electrons. The molecule has 3 rings (SSSR count). The average Bonchev–Trinajstić information content (AvgIpc) is 2.75. The van der Waals surface area contributed by atoms with E-state index in [1.165, 1.54) is 16.7 Å². The molecule has 5 heteroatoms. The van der Waals surface area contributed by atoms with Crippen molar-refractivity contribution < 1.29 is 4.43 Å². The van der Waals surface area contributed by atoms with Gasteiger partial charge in [0.05, 0.1) is 17.7 Å². The first-order valence-corrected chi connectivity index (χ1v) is 13.8. The molecule has 1 unspecified atom stereocenters. The zero-order valence-corrected chi connectivity index (χ0v) is 21.2. The van der Waals surface area contributed by atoms with Crippen molar-refractivity contribution in [1.29, 1.82) is 5.26 Å². The van der Waals surface area contributed by atoms with Crippen molar-refractivity contribution in [3.63, 3.8) is 0 Å². The molecule has 1 aliphatic rings. The smallest absolute Gasteiger partial charge is 0.274 e. The minimum absolute atomic E-state index is 0.0134. The summed E-state index contributed by atoms with van der Waals surface area (Å²) in [6.07, 6.45) is 1.98. The van der Waals surface area contributed by atoms with Crippen LogP contribution >= 0.6 is 0 Å². The second-order valence-electron chi connectivity index (χ2n) is 9.75. The predicted octanol–water partition coefficient (Wildman–Crippen LogP) is 5.38. The SMILES string of the molecule is C=CCN1CCN(C(c2ccc(C#N)cc2)c2cccc(C(C)(C)C)c2O[Si](C)C)CC1. The Hall–Kier alpha value is -2.39. The molecular weight excluding hydrogens is 410 g/mol. The molecule has 1 fully saturated rings. The lowest BCUT2D eigenvalue weighted by molar-refractivity contribution is 0.117. The van der Waals surface area contributed by atoms with Gasteiger partial charge in [0, 0.05) is 38.3 Å². The van der Waals surface area contributed by atoms with Gasteiger partial charge in [0.1, 0.15) is 5.75 Å². The van der Waals surface area contributed by atoms with Crippen molar-refractivity contribution in [1.82, 2.24) is 9.80 Å². The van der Waals surface area contributed by atoms with Crippen LogP contribution < -0.4 is 4.43 Å². The van der Waals surface area contributed by atoms with Gasteiger partial charge in [-0.1, -0.05) is 57.2 Å². The Morgan fingerprint density at radius 3 is 2.28 bits per heavy atom. The van der Waals surface area contributed by atoms with Crippen LogP contribution in [0.2, 0.25) is 13.1 Å². The monoisotopic (exact) mass is 446 g/mol. The van der Waals surface area contributed by atoms with E-state index in [9.17, 15) is 5.26 Å². The van der Waals surface area contributed by atoms with E-state index < -0.39 is 9.04 Å². The minimum Gasteiger partial charge on any atom is -0.542 e. The first-order valence-electron chi connectivity index (χ1n) is 11.4. The maximum Gasteiger partial charge on any atom is 0.274 e. The van der Waals surface area contributed by atoms with E-state index in [0.29, 0.717) is 5.56 Å². The Morgan fingerprint density at radius 1 is 1.09 bits per heavy atom. The maximum atomic E-state index is 9.29. The van der Waals surface area contributed by atoms with Gasteiger partial charge in [-0.05, 0) is 41.8 Å². The number of hydrogen-bond donors (Lipinski definition) is 0. The number of nitriles is 1. The van der Waals surface area contributed by atoms with Gasteiger partial charge < -0.3 is 4.43 Å². The molecule has 1 aliphatic heterocycles. The van der Waals surface area contributed by atoms with Gasteiger partial charge in [-0.25, -0.2) is 0 Å². The summed E-state index contributed by atoms with van der Waals surface area (Å²) in [7, 11) is -0.942. The number of rotatable bonds is 7. The van der Waals surface area contributed by atoms with Crippen LogP contribution in [0.4, 0.5) is 0 Å². The fourth-order valence-electron chi connectivity index (χ4n) is 4.39. The van der Waals surface area contributed by atoms with E-state index in [-0.39, 0.29) is 11.5 Å². The van der Waals surface area contributed by atoms with Crippen LogP contribution in [-0.2, 0) is 5.41 Å². The fourth-order valence-corrected chi connectivity index (χ4v) is 5.03. The number of hydrogen-bond acceptors (Lipinski definition) is 4. The van der Waals surface area contributed by atoms with Gasteiger partial charge in [0.2, 0.25) is 0 Å². The largest absolute Gasteiger partial charge is 0.542 e. The van der Waals surface area contributed by atoms with Crippen LogP contribution in [0.5, 0.6) is 5.75 Å². The zero-order valence-electron chi connectivity index (χ0n) is 20.2. The van der Waals surface area contributed by atoms with Gasteiger partial charge in [0.15, 0.2) is 0 Å². The average molecular weight is 447 g/mol. The highest BCUT2D eigenvalue weighted by atomic mass is 28.3. The molecule has 0 N–H and O–H groups in total. The third kappa shape index (κ3) is 5.69. The molecule has 0 amide bonds. The highest BCUT2D eigenvalue weighted by Gasteiger charge is 2.31. The van der Waals surface area contributed by atoms with E-state index in [1.807, 2.05) is 18.2 Å². The summed E-state index contributed by atoms with van der Waals surface area (Å²) >= 11 is 0. The molecule has 0 bridgehead atoms. The molecule has 1 heterocycles. The van der Waals surface area contributed by atoms with E-state index in [2.05, 4.69) is 86.6 Å². The Kier molecular flexibility index (Phi) is 7.94. The van der Waals surface area contributed by atoms with E-state index in [4.69, 9.17) is 4.43 Å². The van der Waals surface area contributed by atoms with Gasteiger partial charge in [-0.3, -0.25) is 9.80 Å². The van der Waals surface area contributed by atoms with Crippen molar-refractivity contribution in [3.8, 4) is 11.8 Å². The molecule has 0 aliphatic carbocycles. The van der Waals surface area contributed by atoms with Crippen LogP contribution in [-0.4, -0.2) is 51.6 Å². The highest BCUT2D eigenvalue weighted by molar-refractivity contribution is 6.49. The molecule has 2 aromatic carbocycles. The third-order valence-electron chi connectivity index (χ3n) is 5.97. The van der Waals surface area contributed by atoms with Crippen LogP contribution in [0.25, 0.3) is 0 Å². The Balaban J connectivity index is 2.11. The topological polar surface area (TPSA) is 39.5 Å². The van der Waals surface area contributed by atoms with Gasteiger partial charge in [-0.15, -0.1) is 6.58 Å². The maximum absolute atomic E-state index is 9.29. The first-order chi connectivity index (χ1) is 15.2. The Labute approximate surface area is 195 Å². The third-order valence-corrected chi connectivity index (χ3v) is 6.58. The van der Waals surface area contributed by atoms with E-state index in [1.54, 1.807) is 0 Å². The predicted molar refractivity (Wildman–Crippen MR) is 134 cm³/mol. The molecule has 2 aromatic rings. The summed E-state index contributed by atoms with van der Waals surface area (Å²) in [5.74, 6) is 1.04. The minimum atomic E-state index is -0.942. The summed E-state index contributed by atoms with van der Waals surface area (Å²) in [4.78, 5) is 5.01. The number of para-hydroxylation sites is 1. The molecule has 0 saturated carbocycles. The second kappa shape index (κ2) is 10.5. The first kappa shape index (κ1) is 24.3.